The molecular formula is C17H19NO3. The number of aryl methyl sites for hydroxylation is 1. The van der Waals surface area contributed by atoms with Gasteiger partial charge in [0.2, 0.25) is 0 Å². The fourth-order valence-corrected chi connectivity index (χ4v) is 1.90. The molecule has 2 rings (SSSR count). The van der Waals surface area contributed by atoms with Gasteiger partial charge in [0.25, 0.3) is 5.91 Å². The van der Waals surface area contributed by atoms with Gasteiger partial charge in [-0.1, -0.05) is 29.8 Å². The second-order valence-electron chi connectivity index (χ2n) is 4.75. The highest BCUT2D eigenvalue weighted by atomic mass is 16.5. The van der Waals surface area contributed by atoms with Gasteiger partial charge < -0.3 is 14.8 Å². The second-order valence-corrected chi connectivity index (χ2v) is 4.75. The third kappa shape index (κ3) is 3.99. The number of nitrogens with one attached hydrogen (secondary N) is 1. The Morgan fingerprint density at radius 2 is 1.76 bits per heavy atom. The summed E-state index contributed by atoms with van der Waals surface area (Å²) in [6, 6.07) is 13.3. The smallest absolute Gasteiger partial charge is 0.251 e. The highest BCUT2D eigenvalue weighted by Gasteiger charge is 2.08. The average Bonchev–Trinajstić information content (AvgIpc) is 2.53. The van der Waals surface area contributed by atoms with Crippen molar-refractivity contribution in [1.82, 2.24) is 5.32 Å². The summed E-state index contributed by atoms with van der Waals surface area (Å²) >= 11 is 0. The van der Waals surface area contributed by atoms with Crippen LogP contribution in [0.15, 0.2) is 42.5 Å². The predicted molar refractivity (Wildman–Crippen MR) is 81.9 cm³/mol. The van der Waals surface area contributed by atoms with E-state index in [1.165, 1.54) is 5.56 Å². The summed E-state index contributed by atoms with van der Waals surface area (Å²) in [5, 5.41) is 2.59. The molecule has 1 amide bonds. The molecule has 0 aliphatic heterocycles. The lowest BCUT2D eigenvalue weighted by molar-refractivity contribution is 0.0962. The van der Waals surface area contributed by atoms with Crippen LogP contribution in [0.4, 0.5) is 0 Å². The zero-order chi connectivity index (χ0) is 15.2. The normalized spacial score (nSPS) is 10.0. The summed E-state index contributed by atoms with van der Waals surface area (Å²) in [6.45, 7) is 2.49. The van der Waals surface area contributed by atoms with Crippen LogP contribution >= 0.6 is 0 Å². The number of hydrogen-bond donors (Lipinski definition) is 1. The number of carbonyl (C=O) groups is 1. The van der Waals surface area contributed by atoms with E-state index in [1.807, 2.05) is 31.2 Å². The third-order valence-corrected chi connectivity index (χ3v) is 3.13. The standard InChI is InChI=1S/C17H19NO3/c1-12-4-6-13(7-5-12)11-21-16-9-14(17(19)18-2)8-15(10-16)20-3/h4-10H,11H2,1-3H3,(H,18,19). The van der Waals surface area contributed by atoms with Gasteiger partial charge in [0.15, 0.2) is 0 Å². The number of carbonyl (C=O) groups excluding carboxylic acids is 1. The Morgan fingerprint density at radius 1 is 1.10 bits per heavy atom. The Labute approximate surface area is 124 Å². The number of methoxy groups -OCH3 is 1. The summed E-state index contributed by atoms with van der Waals surface area (Å²) in [7, 11) is 3.15. The Balaban J connectivity index is 2.15. The van der Waals surface area contributed by atoms with Crippen LogP contribution in [-0.4, -0.2) is 20.1 Å². The molecule has 21 heavy (non-hydrogen) atoms. The highest BCUT2D eigenvalue weighted by molar-refractivity contribution is 5.94. The number of ether oxygens (including phenoxy) is 2. The Hall–Kier alpha value is -2.49. The number of hydrogen-bond acceptors (Lipinski definition) is 3. The lowest BCUT2D eigenvalue weighted by Crippen LogP contribution is -2.17. The molecule has 0 radical (unpaired) electrons. The zero-order valence-electron chi connectivity index (χ0n) is 12.5. The number of rotatable bonds is 5. The van der Waals surface area contributed by atoms with E-state index in [0.29, 0.717) is 23.7 Å². The first-order valence-electron chi connectivity index (χ1n) is 6.72. The van der Waals surface area contributed by atoms with Gasteiger partial charge >= 0.3 is 0 Å². The fourth-order valence-electron chi connectivity index (χ4n) is 1.90. The van der Waals surface area contributed by atoms with Crippen molar-refractivity contribution in [2.24, 2.45) is 0 Å². The maximum absolute atomic E-state index is 11.7. The van der Waals surface area contributed by atoms with E-state index in [4.69, 9.17) is 9.47 Å². The molecular weight excluding hydrogens is 266 g/mol. The summed E-state index contributed by atoms with van der Waals surface area (Å²) in [5.74, 6) is 1.03. The topological polar surface area (TPSA) is 47.6 Å². The summed E-state index contributed by atoms with van der Waals surface area (Å²) in [5.41, 5.74) is 2.79. The number of benzene rings is 2. The summed E-state index contributed by atoms with van der Waals surface area (Å²) in [6.07, 6.45) is 0. The molecule has 0 saturated carbocycles. The first kappa shape index (κ1) is 14.9. The lowest BCUT2D eigenvalue weighted by atomic mass is 10.1. The van der Waals surface area contributed by atoms with Gasteiger partial charge in [-0.05, 0) is 24.6 Å². The molecule has 1 N–H and O–H groups in total. The summed E-state index contributed by atoms with van der Waals surface area (Å²) < 4.78 is 10.9. The minimum atomic E-state index is -0.172. The lowest BCUT2D eigenvalue weighted by Gasteiger charge is -2.10. The first-order valence-corrected chi connectivity index (χ1v) is 6.72. The van der Waals surface area contributed by atoms with Crippen molar-refractivity contribution in [2.75, 3.05) is 14.2 Å². The molecule has 0 saturated heterocycles. The predicted octanol–water partition coefficient (Wildman–Crippen LogP) is 2.94. The van der Waals surface area contributed by atoms with Crippen molar-refractivity contribution in [2.45, 2.75) is 13.5 Å². The molecule has 0 aromatic heterocycles. The molecule has 0 unspecified atom stereocenters. The highest BCUT2D eigenvalue weighted by Crippen LogP contribution is 2.23. The van der Waals surface area contributed by atoms with Gasteiger partial charge in [0.05, 0.1) is 7.11 Å². The second kappa shape index (κ2) is 6.79. The van der Waals surface area contributed by atoms with Crippen LogP contribution in [0.25, 0.3) is 0 Å². The third-order valence-electron chi connectivity index (χ3n) is 3.13. The van der Waals surface area contributed by atoms with E-state index in [1.54, 1.807) is 32.4 Å². The largest absolute Gasteiger partial charge is 0.497 e. The van der Waals surface area contributed by atoms with Crippen LogP contribution in [0.5, 0.6) is 11.5 Å². The van der Waals surface area contributed by atoms with Gasteiger partial charge in [-0.2, -0.15) is 0 Å². The van der Waals surface area contributed by atoms with E-state index in [0.717, 1.165) is 5.56 Å². The molecule has 0 fully saturated rings. The summed E-state index contributed by atoms with van der Waals surface area (Å²) in [4.78, 5) is 11.7. The molecule has 0 bridgehead atoms. The average molecular weight is 285 g/mol. The van der Waals surface area contributed by atoms with Crippen LogP contribution in [0.3, 0.4) is 0 Å². The molecule has 0 aliphatic rings. The SMILES string of the molecule is CNC(=O)c1cc(OC)cc(OCc2ccc(C)cc2)c1. The van der Waals surface area contributed by atoms with Crippen molar-refractivity contribution < 1.29 is 14.3 Å². The van der Waals surface area contributed by atoms with E-state index < -0.39 is 0 Å². The molecule has 0 atom stereocenters. The van der Waals surface area contributed by atoms with Gasteiger partial charge in [-0.15, -0.1) is 0 Å². The Morgan fingerprint density at radius 3 is 2.38 bits per heavy atom. The maximum atomic E-state index is 11.7. The fraction of sp³-hybridized carbons (Fsp3) is 0.235. The maximum Gasteiger partial charge on any atom is 0.251 e. The minimum Gasteiger partial charge on any atom is -0.497 e. The van der Waals surface area contributed by atoms with E-state index >= 15 is 0 Å². The van der Waals surface area contributed by atoms with E-state index in [-0.39, 0.29) is 5.91 Å². The van der Waals surface area contributed by atoms with Gasteiger partial charge in [-0.25, -0.2) is 0 Å². The van der Waals surface area contributed by atoms with Crippen molar-refractivity contribution >= 4 is 5.91 Å². The zero-order valence-corrected chi connectivity index (χ0v) is 12.5. The molecule has 2 aromatic carbocycles. The van der Waals surface area contributed by atoms with Crippen LogP contribution in [0.2, 0.25) is 0 Å². The van der Waals surface area contributed by atoms with Gasteiger partial charge in [-0.3, -0.25) is 4.79 Å². The van der Waals surface area contributed by atoms with Crippen molar-refractivity contribution in [3.05, 3.63) is 59.2 Å². The number of amides is 1. The molecule has 0 heterocycles. The van der Waals surface area contributed by atoms with Crippen LogP contribution in [0, 0.1) is 6.92 Å². The van der Waals surface area contributed by atoms with Crippen LogP contribution in [0.1, 0.15) is 21.5 Å². The molecule has 0 aliphatic carbocycles. The van der Waals surface area contributed by atoms with Crippen molar-refractivity contribution in [1.29, 1.82) is 0 Å². The van der Waals surface area contributed by atoms with Crippen molar-refractivity contribution in [3.63, 3.8) is 0 Å². The molecule has 4 heteroatoms. The van der Waals surface area contributed by atoms with Crippen molar-refractivity contribution in [3.8, 4) is 11.5 Å². The van der Waals surface area contributed by atoms with Gasteiger partial charge in [0.1, 0.15) is 18.1 Å². The molecule has 110 valence electrons. The first-order chi connectivity index (χ1) is 10.1. The molecule has 2 aromatic rings. The van der Waals surface area contributed by atoms with Gasteiger partial charge in [0, 0.05) is 18.7 Å². The quantitative estimate of drug-likeness (QED) is 0.918. The van der Waals surface area contributed by atoms with Crippen LogP contribution < -0.4 is 14.8 Å². The Kier molecular flexibility index (Phi) is 4.82. The molecule has 4 nitrogen and oxygen atoms in total. The van der Waals surface area contributed by atoms with Crippen LogP contribution in [-0.2, 0) is 6.61 Å². The minimum absolute atomic E-state index is 0.172. The monoisotopic (exact) mass is 285 g/mol. The molecule has 0 spiro atoms. The van der Waals surface area contributed by atoms with E-state index in [2.05, 4.69) is 5.32 Å². The van der Waals surface area contributed by atoms with E-state index in [9.17, 15) is 4.79 Å². The Bertz CT molecular complexity index is 620.